The molecule has 0 bridgehead atoms. The SMILES string of the molecule is C=C(O)c1c(CCCOc2cccc3ccccc23)c2cccc3c2n1Cc1ccccc1COCC1=NN(C)C(C)C13. The van der Waals surface area contributed by atoms with Gasteiger partial charge in [-0.3, -0.25) is 5.01 Å². The summed E-state index contributed by atoms with van der Waals surface area (Å²) in [7, 11) is 2.04. The van der Waals surface area contributed by atoms with Gasteiger partial charge in [-0.25, -0.2) is 0 Å². The third-order valence-corrected chi connectivity index (χ3v) is 9.08. The van der Waals surface area contributed by atoms with E-state index in [-0.39, 0.29) is 17.7 Å². The molecule has 1 aromatic heterocycles. The molecule has 0 aliphatic carbocycles. The van der Waals surface area contributed by atoms with Gasteiger partial charge in [0.1, 0.15) is 11.5 Å². The van der Waals surface area contributed by atoms with Gasteiger partial charge in [-0.15, -0.1) is 0 Å². The first-order valence-electron chi connectivity index (χ1n) is 15.1. The van der Waals surface area contributed by atoms with E-state index in [1.54, 1.807) is 0 Å². The number of aryl methyl sites for hydroxylation is 1. The Morgan fingerprint density at radius 2 is 1.70 bits per heavy atom. The minimum atomic E-state index is 0.0749. The van der Waals surface area contributed by atoms with Gasteiger partial charge in [0.25, 0.3) is 0 Å². The highest BCUT2D eigenvalue weighted by Crippen LogP contribution is 2.40. The normalized spacial score (nSPS) is 18.2. The Morgan fingerprint density at radius 3 is 2.56 bits per heavy atom. The molecular formula is C37H37N3O3. The summed E-state index contributed by atoms with van der Waals surface area (Å²) in [6, 6.07) is 29.6. The van der Waals surface area contributed by atoms with Gasteiger partial charge in [0.05, 0.1) is 48.7 Å². The van der Waals surface area contributed by atoms with Crippen molar-refractivity contribution in [1.29, 1.82) is 0 Å². The summed E-state index contributed by atoms with van der Waals surface area (Å²) in [6.45, 7) is 8.45. The molecule has 1 N–H and O–H groups in total. The Kier molecular flexibility index (Phi) is 7.15. The number of fused-ring (bicyclic) bond motifs is 4. The summed E-state index contributed by atoms with van der Waals surface area (Å²) >= 11 is 0. The molecule has 2 aliphatic rings. The molecule has 2 atom stereocenters. The minimum Gasteiger partial charge on any atom is -0.506 e. The molecule has 2 aliphatic heterocycles. The number of likely N-dealkylation sites (N-methyl/N-ethyl adjacent to an activating group) is 1. The standard InChI is InChI=1S/C37H37N3O3/c1-24-35-32-17-9-16-31-30(18-10-20-43-34-19-8-14-26-11-6-7-15-29(26)34)36(25(2)41)40(37(31)32)21-27-12-4-5-13-28(27)22-42-23-33(35)38-39(24)3/h4-9,11-17,19,24,35,41H,2,10,18,20-23H2,1,3H3. The largest absolute Gasteiger partial charge is 0.506 e. The average molecular weight is 572 g/mol. The topological polar surface area (TPSA) is 59.2 Å². The fourth-order valence-electron chi connectivity index (χ4n) is 6.95. The Bertz CT molecular complexity index is 1870. The number of para-hydroxylation sites is 1. The van der Waals surface area contributed by atoms with Crippen LogP contribution in [0.1, 0.15) is 47.2 Å². The Labute approximate surface area is 252 Å². The molecule has 0 fully saturated rings. The molecule has 6 heteroatoms. The van der Waals surface area contributed by atoms with Gasteiger partial charge in [0.2, 0.25) is 0 Å². The van der Waals surface area contributed by atoms with E-state index in [9.17, 15) is 5.11 Å². The molecule has 7 rings (SSSR count). The first-order chi connectivity index (χ1) is 21.0. The lowest BCUT2D eigenvalue weighted by Gasteiger charge is -2.23. The van der Waals surface area contributed by atoms with Gasteiger partial charge >= 0.3 is 0 Å². The Morgan fingerprint density at radius 1 is 0.953 bits per heavy atom. The highest BCUT2D eigenvalue weighted by molar-refractivity contribution is 6.00. The van der Waals surface area contributed by atoms with Crippen LogP contribution in [-0.2, 0) is 24.3 Å². The lowest BCUT2D eigenvalue weighted by molar-refractivity contribution is 0.156. The van der Waals surface area contributed by atoms with Crippen LogP contribution in [0.3, 0.4) is 0 Å². The molecule has 5 aromatic rings. The van der Waals surface area contributed by atoms with Gasteiger partial charge in [-0.1, -0.05) is 85.4 Å². The molecule has 0 saturated heterocycles. The minimum absolute atomic E-state index is 0.0749. The second-order valence-electron chi connectivity index (χ2n) is 11.7. The average Bonchev–Trinajstić information content (AvgIpc) is 3.47. The van der Waals surface area contributed by atoms with Crippen molar-refractivity contribution in [2.24, 2.45) is 5.10 Å². The van der Waals surface area contributed by atoms with E-state index in [2.05, 4.69) is 78.7 Å². The van der Waals surface area contributed by atoms with E-state index in [1.807, 2.05) is 36.3 Å². The molecule has 0 amide bonds. The van der Waals surface area contributed by atoms with E-state index < -0.39 is 0 Å². The van der Waals surface area contributed by atoms with Crippen LogP contribution < -0.4 is 4.74 Å². The molecule has 0 saturated carbocycles. The van der Waals surface area contributed by atoms with E-state index in [0.29, 0.717) is 26.4 Å². The Hall–Kier alpha value is -4.55. The van der Waals surface area contributed by atoms with Crippen LogP contribution in [0.25, 0.3) is 27.4 Å². The fraction of sp³-hybridized carbons (Fsp3) is 0.270. The van der Waals surface area contributed by atoms with Crippen molar-refractivity contribution < 1.29 is 14.6 Å². The molecule has 0 radical (unpaired) electrons. The monoisotopic (exact) mass is 571 g/mol. The summed E-state index contributed by atoms with van der Waals surface area (Å²) in [5.41, 5.74) is 7.57. The van der Waals surface area contributed by atoms with Crippen LogP contribution in [0.15, 0.2) is 96.6 Å². The summed E-state index contributed by atoms with van der Waals surface area (Å²) in [6.07, 6.45) is 1.55. The lowest BCUT2D eigenvalue weighted by Crippen LogP contribution is -2.28. The number of hydrazone groups is 1. The third-order valence-electron chi connectivity index (χ3n) is 9.08. The predicted molar refractivity (Wildman–Crippen MR) is 174 cm³/mol. The lowest BCUT2D eigenvalue weighted by atomic mass is 9.87. The number of hydrogen-bond donors (Lipinski definition) is 1. The number of aliphatic hydroxyl groups excluding tert-OH is 1. The zero-order chi connectivity index (χ0) is 29.5. The number of hydrogen-bond acceptors (Lipinski definition) is 5. The number of benzene rings is 4. The molecule has 4 aromatic carbocycles. The van der Waals surface area contributed by atoms with Crippen molar-refractivity contribution in [2.45, 2.75) is 44.9 Å². The Balaban J connectivity index is 1.31. The number of nitrogens with zero attached hydrogens (tertiary/aromatic N) is 3. The maximum absolute atomic E-state index is 11.2. The molecular weight excluding hydrogens is 534 g/mol. The molecule has 43 heavy (non-hydrogen) atoms. The van der Waals surface area contributed by atoms with Gasteiger partial charge in [0.15, 0.2) is 0 Å². The van der Waals surface area contributed by atoms with Crippen molar-refractivity contribution in [3.05, 3.63) is 119 Å². The number of aliphatic hydroxyl groups is 1. The summed E-state index contributed by atoms with van der Waals surface area (Å²) in [5, 5.41) is 21.6. The van der Waals surface area contributed by atoms with E-state index >= 15 is 0 Å². The first-order valence-corrected chi connectivity index (χ1v) is 15.1. The van der Waals surface area contributed by atoms with Crippen LogP contribution in [0.4, 0.5) is 0 Å². The number of aromatic nitrogens is 1. The second kappa shape index (κ2) is 11.3. The van der Waals surface area contributed by atoms with Crippen molar-refractivity contribution in [3.63, 3.8) is 0 Å². The number of rotatable bonds is 6. The van der Waals surface area contributed by atoms with E-state index in [4.69, 9.17) is 14.6 Å². The molecule has 218 valence electrons. The maximum atomic E-state index is 11.2. The molecule has 3 heterocycles. The van der Waals surface area contributed by atoms with Crippen molar-refractivity contribution in [1.82, 2.24) is 9.58 Å². The smallest absolute Gasteiger partial charge is 0.132 e. The predicted octanol–water partition coefficient (Wildman–Crippen LogP) is 7.69. The van der Waals surface area contributed by atoms with Crippen LogP contribution >= 0.6 is 0 Å². The zero-order valence-electron chi connectivity index (χ0n) is 24.8. The van der Waals surface area contributed by atoms with E-state index in [1.165, 1.54) is 16.5 Å². The fourth-order valence-corrected chi connectivity index (χ4v) is 6.95. The van der Waals surface area contributed by atoms with E-state index in [0.717, 1.165) is 57.4 Å². The van der Waals surface area contributed by atoms with Gasteiger partial charge in [-0.05, 0) is 53.5 Å². The highest BCUT2D eigenvalue weighted by atomic mass is 16.5. The van der Waals surface area contributed by atoms with Gasteiger partial charge in [-0.2, -0.15) is 5.10 Å². The quantitative estimate of drug-likeness (QED) is 0.168. The molecule has 6 nitrogen and oxygen atoms in total. The van der Waals surface area contributed by atoms with Crippen molar-refractivity contribution in [3.8, 4) is 5.75 Å². The van der Waals surface area contributed by atoms with Crippen LogP contribution in [0, 0.1) is 0 Å². The zero-order valence-corrected chi connectivity index (χ0v) is 24.8. The van der Waals surface area contributed by atoms with Gasteiger partial charge < -0.3 is 19.1 Å². The van der Waals surface area contributed by atoms with Crippen LogP contribution in [-0.4, -0.2) is 46.7 Å². The van der Waals surface area contributed by atoms with Crippen molar-refractivity contribution >= 4 is 33.1 Å². The van der Waals surface area contributed by atoms with Crippen molar-refractivity contribution in [2.75, 3.05) is 20.3 Å². The van der Waals surface area contributed by atoms with Crippen LogP contribution in [0.2, 0.25) is 0 Å². The third kappa shape index (κ3) is 4.86. The maximum Gasteiger partial charge on any atom is 0.132 e. The summed E-state index contributed by atoms with van der Waals surface area (Å²) in [5.74, 6) is 1.06. The summed E-state index contributed by atoms with van der Waals surface area (Å²) < 4.78 is 14.8. The second-order valence-corrected chi connectivity index (χ2v) is 11.7. The summed E-state index contributed by atoms with van der Waals surface area (Å²) in [4.78, 5) is 0. The van der Waals surface area contributed by atoms with Crippen LogP contribution in [0.5, 0.6) is 5.75 Å². The van der Waals surface area contributed by atoms with Gasteiger partial charge in [0, 0.05) is 24.4 Å². The molecule has 0 spiro atoms. The highest BCUT2D eigenvalue weighted by Gasteiger charge is 2.36. The molecule has 2 unspecified atom stereocenters. The first kappa shape index (κ1) is 27.3. The number of ether oxygens (including phenoxy) is 2.